The van der Waals surface area contributed by atoms with Gasteiger partial charge in [-0.2, -0.15) is 5.10 Å². The van der Waals surface area contributed by atoms with E-state index in [0.717, 1.165) is 0 Å². The zero-order valence-electron chi connectivity index (χ0n) is 11.7. The number of imide groups is 1. The Hall–Kier alpha value is -3.03. The van der Waals surface area contributed by atoms with E-state index in [1.807, 2.05) is 0 Å². The molecule has 1 atom stereocenters. The Morgan fingerprint density at radius 1 is 1.22 bits per heavy atom. The van der Waals surface area contributed by atoms with Crippen LogP contribution in [0.15, 0.2) is 30.3 Å². The first-order valence-corrected chi connectivity index (χ1v) is 6.95. The molecule has 0 fully saturated rings. The average Bonchev–Trinajstić information content (AvgIpc) is 3.14. The highest BCUT2D eigenvalue weighted by molar-refractivity contribution is 6.21. The zero-order valence-corrected chi connectivity index (χ0v) is 11.7. The highest BCUT2D eigenvalue weighted by Gasteiger charge is 2.39. The van der Waals surface area contributed by atoms with Gasteiger partial charge in [0.25, 0.3) is 11.8 Å². The van der Waals surface area contributed by atoms with Crippen LogP contribution in [0.3, 0.4) is 0 Å². The van der Waals surface area contributed by atoms with Gasteiger partial charge in [0.05, 0.1) is 17.7 Å². The number of carbonyl (C=O) groups excluding carboxylic acids is 3. The minimum Gasteiger partial charge on any atom is -0.322 e. The molecule has 3 heterocycles. The van der Waals surface area contributed by atoms with Crippen LogP contribution >= 0.6 is 0 Å². The lowest BCUT2D eigenvalue weighted by Gasteiger charge is -2.11. The SMILES string of the molecule is O=C(ON1C(=O)c2ccccc2C1=O)c1cc2n(n1)CC(F)C2. The smallest absolute Gasteiger partial charge is 0.322 e. The normalized spacial score (nSPS) is 19.0. The molecule has 0 saturated carbocycles. The summed E-state index contributed by atoms with van der Waals surface area (Å²) in [4.78, 5) is 41.2. The topological polar surface area (TPSA) is 81.5 Å². The van der Waals surface area contributed by atoms with E-state index in [1.54, 1.807) is 12.1 Å². The van der Waals surface area contributed by atoms with Crippen LogP contribution in [0.2, 0.25) is 0 Å². The highest BCUT2D eigenvalue weighted by atomic mass is 19.1. The van der Waals surface area contributed by atoms with Crippen molar-refractivity contribution in [3.05, 3.63) is 52.8 Å². The molecule has 0 bridgehead atoms. The van der Waals surface area contributed by atoms with Gasteiger partial charge in [-0.15, -0.1) is 0 Å². The number of fused-ring (bicyclic) bond motifs is 2. The summed E-state index contributed by atoms with van der Waals surface area (Å²) in [6.45, 7) is 0.0790. The van der Waals surface area contributed by atoms with Crippen molar-refractivity contribution in [3.8, 4) is 0 Å². The summed E-state index contributed by atoms with van der Waals surface area (Å²) >= 11 is 0. The van der Waals surface area contributed by atoms with Gasteiger partial charge in [0, 0.05) is 12.1 Å². The number of hydroxylamine groups is 2. The summed E-state index contributed by atoms with van der Waals surface area (Å²) in [7, 11) is 0. The van der Waals surface area contributed by atoms with E-state index in [0.29, 0.717) is 10.8 Å². The molecule has 2 aromatic rings. The van der Waals surface area contributed by atoms with Gasteiger partial charge in [0.2, 0.25) is 0 Å². The fourth-order valence-corrected chi connectivity index (χ4v) is 2.74. The van der Waals surface area contributed by atoms with Crippen LogP contribution in [0.5, 0.6) is 0 Å². The quantitative estimate of drug-likeness (QED) is 0.776. The summed E-state index contributed by atoms with van der Waals surface area (Å²) in [5.41, 5.74) is 0.867. The lowest BCUT2D eigenvalue weighted by atomic mass is 10.1. The van der Waals surface area contributed by atoms with E-state index >= 15 is 0 Å². The lowest BCUT2D eigenvalue weighted by Crippen LogP contribution is -2.32. The number of nitrogens with zero attached hydrogens (tertiary/aromatic N) is 3. The summed E-state index contributed by atoms with van der Waals surface area (Å²) in [6.07, 6.45) is -0.841. The van der Waals surface area contributed by atoms with Crippen molar-refractivity contribution in [2.24, 2.45) is 0 Å². The Morgan fingerprint density at radius 3 is 2.48 bits per heavy atom. The largest absolute Gasteiger partial charge is 0.384 e. The van der Waals surface area contributed by atoms with Crippen LogP contribution in [-0.2, 0) is 17.8 Å². The third-order valence-corrected chi connectivity index (χ3v) is 3.81. The molecule has 7 nitrogen and oxygen atoms in total. The Bertz CT molecular complexity index is 802. The van der Waals surface area contributed by atoms with E-state index in [-0.39, 0.29) is 29.8 Å². The first-order valence-electron chi connectivity index (χ1n) is 6.95. The second-order valence-electron chi connectivity index (χ2n) is 5.33. The maximum absolute atomic E-state index is 13.2. The molecule has 1 aromatic carbocycles. The van der Waals surface area contributed by atoms with E-state index in [1.165, 1.54) is 22.9 Å². The van der Waals surface area contributed by atoms with Gasteiger partial charge in [0.1, 0.15) is 6.17 Å². The van der Waals surface area contributed by atoms with E-state index in [4.69, 9.17) is 4.84 Å². The van der Waals surface area contributed by atoms with Crippen LogP contribution in [-0.4, -0.2) is 38.8 Å². The number of rotatable bonds is 2. The van der Waals surface area contributed by atoms with Crippen LogP contribution in [0.25, 0.3) is 0 Å². The maximum Gasteiger partial charge on any atom is 0.384 e. The molecule has 1 aromatic heterocycles. The van der Waals surface area contributed by atoms with Crippen LogP contribution in [0.1, 0.15) is 36.9 Å². The predicted molar refractivity (Wildman–Crippen MR) is 73.2 cm³/mol. The first-order chi connectivity index (χ1) is 11.0. The van der Waals surface area contributed by atoms with E-state index in [9.17, 15) is 18.8 Å². The average molecular weight is 315 g/mol. The molecule has 2 amide bonds. The van der Waals surface area contributed by atoms with Crippen molar-refractivity contribution in [3.63, 3.8) is 0 Å². The molecule has 0 spiro atoms. The number of benzene rings is 1. The number of alkyl halides is 1. The van der Waals surface area contributed by atoms with Crippen molar-refractivity contribution >= 4 is 17.8 Å². The Morgan fingerprint density at radius 2 is 1.87 bits per heavy atom. The van der Waals surface area contributed by atoms with Crippen molar-refractivity contribution in [2.45, 2.75) is 19.1 Å². The van der Waals surface area contributed by atoms with Crippen molar-refractivity contribution < 1.29 is 23.6 Å². The highest BCUT2D eigenvalue weighted by Crippen LogP contribution is 2.24. The van der Waals surface area contributed by atoms with Crippen molar-refractivity contribution in [1.29, 1.82) is 0 Å². The monoisotopic (exact) mass is 315 g/mol. The van der Waals surface area contributed by atoms with Crippen LogP contribution in [0, 0.1) is 0 Å². The van der Waals surface area contributed by atoms with E-state index < -0.39 is 24.0 Å². The summed E-state index contributed by atoms with van der Waals surface area (Å²) < 4.78 is 14.6. The zero-order chi connectivity index (χ0) is 16.1. The van der Waals surface area contributed by atoms with Gasteiger partial charge >= 0.3 is 5.97 Å². The van der Waals surface area contributed by atoms with Gasteiger partial charge < -0.3 is 4.84 Å². The Kier molecular flexibility index (Phi) is 2.80. The third kappa shape index (κ3) is 2.02. The minimum atomic E-state index is -1.01. The predicted octanol–water partition coefficient (Wildman–Crippen LogP) is 1.15. The van der Waals surface area contributed by atoms with Crippen molar-refractivity contribution in [1.82, 2.24) is 14.8 Å². The van der Waals surface area contributed by atoms with Gasteiger partial charge in [0.15, 0.2) is 5.69 Å². The number of hydrogen-bond donors (Lipinski definition) is 0. The number of hydrogen-bond acceptors (Lipinski definition) is 5. The number of carbonyl (C=O) groups is 3. The fourth-order valence-electron chi connectivity index (χ4n) is 2.74. The molecule has 0 N–H and O–H groups in total. The molecular formula is C15H10FN3O4. The molecule has 4 rings (SSSR count). The Labute approximate surface area is 129 Å². The second-order valence-corrected chi connectivity index (χ2v) is 5.33. The van der Waals surface area contributed by atoms with Gasteiger partial charge in [-0.05, 0) is 18.2 Å². The fraction of sp³-hybridized carbons (Fsp3) is 0.200. The molecule has 0 radical (unpaired) electrons. The molecule has 2 aliphatic heterocycles. The van der Waals surface area contributed by atoms with Gasteiger partial charge in [-0.1, -0.05) is 17.2 Å². The lowest BCUT2D eigenvalue weighted by molar-refractivity contribution is -0.0589. The van der Waals surface area contributed by atoms with E-state index in [2.05, 4.69) is 5.10 Å². The van der Waals surface area contributed by atoms with Gasteiger partial charge in [-0.3, -0.25) is 14.3 Å². The first kappa shape index (κ1) is 13.6. The molecular weight excluding hydrogens is 305 g/mol. The standard InChI is InChI=1S/C15H10FN3O4/c16-8-5-9-6-12(17-18(9)7-8)15(22)23-19-13(20)10-3-1-2-4-11(10)14(19)21/h1-4,6,8H,5,7H2. The number of halogens is 1. The molecule has 8 heteroatoms. The van der Waals surface area contributed by atoms with Crippen LogP contribution < -0.4 is 0 Å². The third-order valence-electron chi connectivity index (χ3n) is 3.81. The van der Waals surface area contributed by atoms with Crippen LogP contribution in [0.4, 0.5) is 4.39 Å². The summed E-state index contributed by atoms with van der Waals surface area (Å²) in [5.74, 6) is -2.33. The minimum absolute atomic E-state index is 0.0662. The molecule has 23 heavy (non-hydrogen) atoms. The summed E-state index contributed by atoms with van der Waals surface area (Å²) in [5, 5.41) is 4.36. The molecule has 116 valence electrons. The number of amides is 2. The molecule has 1 unspecified atom stereocenters. The summed E-state index contributed by atoms with van der Waals surface area (Å²) in [6, 6.07) is 7.59. The molecule has 2 aliphatic rings. The van der Waals surface area contributed by atoms with Gasteiger partial charge in [-0.25, -0.2) is 9.18 Å². The Balaban J connectivity index is 1.55. The number of aromatic nitrogens is 2. The molecule has 0 saturated heterocycles. The molecule has 0 aliphatic carbocycles. The maximum atomic E-state index is 13.2. The second kappa shape index (κ2) is 4.73. The van der Waals surface area contributed by atoms with Crippen molar-refractivity contribution in [2.75, 3.05) is 0 Å².